The van der Waals surface area contributed by atoms with Gasteiger partial charge in [0.15, 0.2) is 0 Å². The highest BCUT2D eigenvalue weighted by Gasteiger charge is 2.31. The number of fused-ring (bicyclic) bond motifs is 1. The summed E-state index contributed by atoms with van der Waals surface area (Å²) in [5, 5.41) is 4.21. The number of hydrogen-bond donors (Lipinski definition) is 2. The summed E-state index contributed by atoms with van der Waals surface area (Å²) in [6, 6.07) is 13.4. The Bertz CT molecular complexity index is 1150. The number of aromatic nitrogens is 1. The third kappa shape index (κ3) is 5.05. The highest BCUT2D eigenvalue weighted by atomic mass is 19.4. The van der Waals surface area contributed by atoms with Crippen LogP contribution in [0.25, 0.3) is 16.5 Å². The number of ether oxygens (including phenoxy) is 1. The number of hydrogen-bond acceptors (Lipinski definition) is 4. The van der Waals surface area contributed by atoms with Crippen molar-refractivity contribution in [3.8, 4) is 5.75 Å². The van der Waals surface area contributed by atoms with Gasteiger partial charge in [-0.05, 0) is 86.5 Å². The Morgan fingerprint density at radius 3 is 2.62 bits per heavy atom. The van der Waals surface area contributed by atoms with Crippen molar-refractivity contribution in [2.24, 2.45) is 0 Å². The summed E-state index contributed by atoms with van der Waals surface area (Å²) in [6.45, 7) is 3.89. The first kappa shape index (κ1) is 22.1. The number of piperidine rings is 1. The van der Waals surface area contributed by atoms with E-state index in [1.165, 1.54) is 6.07 Å². The molecule has 0 aliphatic carbocycles. The molecule has 1 aliphatic heterocycles. The van der Waals surface area contributed by atoms with E-state index in [0.29, 0.717) is 24.3 Å². The fourth-order valence-electron chi connectivity index (χ4n) is 4.16. The number of benzene rings is 2. The van der Waals surface area contributed by atoms with Gasteiger partial charge in [0, 0.05) is 23.2 Å². The Hall–Kier alpha value is -3.06. The minimum Gasteiger partial charge on any atom is -0.493 e. The number of alkyl halides is 3. The number of nitrogen functional groups attached to an aromatic ring is 1. The van der Waals surface area contributed by atoms with Gasteiger partial charge >= 0.3 is 6.18 Å². The van der Waals surface area contributed by atoms with E-state index in [9.17, 15) is 13.2 Å². The molecule has 3 N–H and O–H groups in total. The minimum atomic E-state index is -4.45. The minimum absolute atomic E-state index is 0.110. The first-order chi connectivity index (χ1) is 15.3. The quantitative estimate of drug-likeness (QED) is 0.495. The summed E-state index contributed by atoms with van der Waals surface area (Å²) in [6.07, 6.45) is -2.36. The van der Waals surface area contributed by atoms with Crippen molar-refractivity contribution < 1.29 is 17.9 Å². The van der Waals surface area contributed by atoms with Crippen LogP contribution in [0.2, 0.25) is 0 Å². The number of nitrogens with one attached hydrogen (secondary N) is 1. The fraction of sp³-hybridized carbons (Fsp3) is 0.320. The average Bonchev–Trinajstić information content (AvgIpc) is 2.76. The molecule has 3 aromatic rings. The average molecular weight is 441 g/mol. The molecule has 0 saturated carbocycles. The number of nitrogens with two attached hydrogens (primary N) is 1. The molecular formula is C25H26F3N3O. The summed E-state index contributed by atoms with van der Waals surface area (Å²) in [5.74, 6) is 0.716. The standard InChI is InChI=1S/C25H26F3N3O/c1-16-5-6-22-23(31-16)3-2-4-24(22)32-12-9-21(17-7-10-30-11-8-17)18-13-19(25(26,27)28)15-20(29)14-18/h2-6,13-15,30H,7-12,29H2,1H3. The monoisotopic (exact) mass is 441 g/mol. The van der Waals surface area contributed by atoms with Crippen molar-refractivity contribution in [2.75, 3.05) is 25.4 Å². The molecule has 0 unspecified atom stereocenters. The van der Waals surface area contributed by atoms with Crippen LogP contribution in [0.5, 0.6) is 5.75 Å². The van der Waals surface area contributed by atoms with E-state index in [-0.39, 0.29) is 5.69 Å². The predicted molar refractivity (Wildman–Crippen MR) is 121 cm³/mol. The molecule has 1 saturated heterocycles. The normalized spacial score (nSPS) is 14.6. The Labute approximate surface area is 185 Å². The van der Waals surface area contributed by atoms with Gasteiger partial charge in [0.25, 0.3) is 0 Å². The summed E-state index contributed by atoms with van der Waals surface area (Å²) in [7, 11) is 0. The molecule has 2 aromatic carbocycles. The van der Waals surface area contributed by atoms with Crippen LogP contribution >= 0.6 is 0 Å². The summed E-state index contributed by atoms with van der Waals surface area (Å²) in [4.78, 5) is 4.53. The molecule has 1 aliphatic rings. The van der Waals surface area contributed by atoms with Gasteiger partial charge in [-0.15, -0.1) is 0 Å². The summed E-state index contributed by atoms with van der Waals surface area (Å²) < 4.78 is 46.3. The van der Waals surface area contributed by atoms with Crippen molar-refractivity contribution in [1.29, 1.82) is 0 Å². The van der Waals surface area contributed by atoms with Crippen molar-refractivity contribution in [3.63, 3.8) is 0 Å². The molecule has 0 spiro atoms. The largest absolute Gasteiger partial charge is 0.493 e. The van der Waals surface area contributed by atoms with E-state index in [0.717, 1.165) is 59.7 Å². The lowest BCUT2D eigenvalue weighted by molar-refractivity contribution is -0.137. The molecule has 2 heterocycles. The number of halogens is 3. The molecule has 0 radical (unpaired) electrons. The second-order valence-electron chi connectivity index (χ2n) is 8.05. The van der Waals surface area contributed by atoms with Gasteiger partial charge in [0.1, 0.15) is 5.75 Å². The zero-order chi connectivity index (χ0) is 22.7. The Morgan fingerprint density at radius 1 is 1.09 bits per heavy atom. The van der Waals surface area contributed by atoms with Crippen molar-refractivity contribution in [3.05, 3.63) is 70.9 Å². The van der Waals surface area contributed by atoms with E-state index in [4.69, 9.17) is 10.5 Å². The third-order valence-corrected chi connectivity index (χ3v) is 5.71. The van der Waals surface area contributed by atoms with E-state index in [1.807, 2.05) is 37.3 Å². The molecule has 7 heteroatoms. The molecule has 4 nitrogen and oxygen atoms in total. The number of anilines is 1. The van der Waals surface area contributed by atoms with Crippen molar-refractivity contribution in [1.82, 2.24) is 10.3 Å². The number of rotatable bonds is 5. The van der Waals surface area contributed by atoms with Gasteiger partial charge in [0.2, 0.25) is 0 Å². The lowest BCUT2D eigenvalue weighted by atomic mass is 9.90. The SMILES string of the molecule is Cc1ccc2c(OCCC(=C3CCNCC3)c3cc(N)cc(C(F)(F)F)c3)cccc2n1. The van der Waals surface area contributed by atoms with Crippen LogP contribution in [0.15, 0.2) is 54.1 Å². The Morgan fingerprint density at radius 2 is 1.88 bits per heavy atom. The highest BCUT2D eigenvalue weighted by Crippen LogP contribution is 2.36. The first-order valence-electron chi connectivity index (χ1n) is 10.7. The number of pyridine rings is 1. The third-order valence-electron chi connectivity index (χ3n) is 5.71. The second kappa shape index (κ2) is 9.20. The smallest absolute Gasteiger partial charge is 0.416 e. The van der Waals surface area contributed by atoms with Gasteiger partial charge in [0.05, 0.1) is 17.7 Å². The lowest BCUT2D eigenvalue weighted by Gasteiger charge is -2.22. The molecule has 0 atom stereocenters. The fourth-order valence-corrected chi connectivity index (χ4v) is 4.16. The van der Waals surface area contributed by atoms with Crippen LogP contribution in [0.1, 0.15) is 36.1 Å². The Kier molecular flexibility index (Phi) is 6.37. The lowest BCUT2D eigenvalue weighted by Crippen LogP contribution is -2.24. The first-order valence-corrected chi connectivity index (χ1v) is 10.7. The van der Waals surface area contributed by atoms with E-state index < -0.39 is 11.7 Å². The van der Waals surface area contributed by atoms with E-state index in [1.54, 1.807) is 6.07 Å². The molecule has 32 heavy (non-hydrogen) atoms. The van der Waals surface area contributed by atoms with Crippen LogP contribution in [-0.2, 0) is 6.18 Å². The molecule has 0 amide bonds. The van der Waals surface area contributed by atoms with Crippen LogP contribution in [-0.4, -0.2) is 24.7 Å². The molecule has 1 aromatic heterocycles. The topological polar surface area (TPSA) is 60.2 Å². The maximum absolute atomic E-state index is 13.4. The Balaban J connectivity index is 1.62. The molecular weight excluding hydrogens is 415 g/mol. The van der Waals surface area contributed by atoms with Gasteiger partial charge in [-0.2, -0.15) is 13.2 Å². The highest BCUT2D eigenvalue weighted by molar-refractivity contribution is 5.85. The number of aryl methyl sites for hydroxylation is 1. The predicted octanol–water partition coefficient (Wildman–Crippen LogP) is 5.75. The maximum Gasteiger partial charge on any atom is 0.416 e. The van der Waals surface area contributed by atoms with Crippen molar-refractivity contribution >= 4 is 22.2 Å². The van der Waals surface area contributed by atoms with E-state index in [2.05, 4.69) is 10.3 Å². The summed E-state index contributed by atoms with van der Waals surface area (Å²) in [5.41, 5.74) is 9.57. The van der Waals surface area contributed by atoms with Crippen LogP contribution in [0.3, 0.4) is 0 Å². The van der Waals surface area contributed by atoms with E-state index >= 15 is 0 Å². The van der Waals surface area contributed by atoms with Crippen LogP contribution in [0.4, 0.5) is 18.9 Å². The van der Waals surface area contributed by atoms with Gasteiger partial charge in [-0.25, -0.2) is 0 Å². The molecule has 168 valence electrons. The maximum atomic E-state index is 13.4. The molecule has 0 bridgehead atoms. The van der Waals surface area contributed by atoms with Crippen LogP contribution < -0.4 is 15.8 Å². The van der Waals surface area contributed by atoms with Gasteiger partial charge in [-0.3, -0.25) is 4.98 Å². The summed E-state index contributed by atoms with van der Waals surface area (Å²) >= 11 is 0. The molecule has 1 fully saturated rings. The zero-order valence-electron chi connectivity index (χ0n) is 17.9. The van der Waals surface area contributed by atoms with Crippen LogP contribution in [0, 0.1) is 6.92 Å². The second-order valence-corrected chi connectivity index (χ2v) is 8.05. The molecule has 4 rings (SSSR count). The number of nitrogens with zero attached hydrogens (tertiary/aromatic N) is 1. The van der Waals surface area contributed by atoms with Gasteiger partial charge < -0.3 is 15.8 Å². The zero-order valence-corrected chi connectivity index (χ0v) is 17.9. The van der Waals surface area contributed by atoms with Crippen molar-refractivity contribution in [2.45, 2.75) is 32.4 Å². The van der Waals surface area contributed by atoms with Gasteiger partial charge in [-0.1, -0.05) is 11.6 Å².